The minimum atomic E-state index is -0.687. The molecule has 0 radical (unpaired) electrons. The molecule has 0 fully saturated rings. The second-order valence-electron chi connectivity index (χ2n) is 1.46. The molecule has 1 amide bonds. The molecule has 0 bridgehead atoms. The number of carbonyl (C=O) groups is 1. The Morgan fingerprint density at radius 2 is 2.25 bits per heavy atom. The molecular formula is C4H8INO2. The first-order valence-corrected chi connectivity index (χ1v) is 3.16. The quantitative estimate of drug-likeness (QED) is 0.404. The molecule has 0 aliphatic heterocycles. The van der Waals surface area contributed by atoms with Crippen LogP contribution in [0.15, 0.2) is 0 Å². The van der Waals surface area contributed by atoms with Gasteiger partial charge in [0.25, 0.3) is 0 Å². The van der Waals surface area contributed by atoms with Crippen molar-refractivity contribution in [2.45, 2.75) is 20.1 Å². The molecule has 0 aliphatic rings. The third kappa shape index (κ3) is 2.46. The zero-order valence-electron chi connectivity index (χ0n) is 4.76. The fraction of sp³-hybridized carbons (Fsp3) is 0.750. The Balaban J connectivity index is 3.64. The van der Waals surface area contributed by atoms with Gasteiger partial charge in [-0.2, -0.15) is 0 Å². The molecule has 1 N–H and O–H groups in total. The summed E-state index contributed by atoms with van der Waals surface area (Å²) >= 11 is 1.76. The predicted octanol–water partition coefficient (Wildman–Crippen LogP) is 0.523. The molecule has 0 saturated heterocycles. The maximum atomic E-state index is 10.3. The van der Waals surface area contributed by atoms with Gasteiger partial charge in [0.1, 0.15) is 6.23 Å². The van der Waals surface area contributed by atoms with Gasteiger partial charge in [-0.15, -0.1) is 0 Å². The molecule has 1 atom stereocenters. The van der Waals surface area contributed by atoms with E-state index in [1.165, 1.54) is 17.0 Å². The van der Waals surface area contributed by atoms with Gasteiger partial charge in [0, 0.05) is 6.92 Å². The van der Waals surface area contributed by atoms with Gasteiger partial charge >= 0.3 is 0 Å². The molecule has 0 aromatic heterocycles. The van der Waals surface area contributed by atoms with Crippen LogP contribution in [0.3, 0.4) is 0 Å². The fourth-order valence-corrected chi connectivity index (χ4v) is 0.263. The molecule has 0 spiro atoms. The van der Waals surface area contributed by atoms with Gasteiger partial charge in [-0.1, -0.05) is 0 Å². The summed E-state index contributed by atoms with van der Waals surface area (Å²) in [4.78, 5) is 10.3. The van der Waals surface area contributed by atoms with Gasteiger partial charge in [-0.25, -0.2) is 0 Å². The van der Waals surface area contributed by atoms with E-state index in [0.29, 0.717) is 0 Å². The maximum absolute atomic E-state index is 10.3. The lowest BCUT2D eigenvalue weighted by Crippen LogP contribution is -2.26. The molecule has 0 saturated carbocycles. The van der Waals surface area contributed by atoms with Crippen LogP contribution in [-0.2, 0) is 4.79 Å². The average molecular weight is 229 g/mol. The van der Waals surface area contributed by atoms with Crippen LogP contribution in [0.4, 0.5) is 0 Å². The Kier molecular flexibility index (Phi) is 3.30. The van der Waals surface area contributed by atoms with Gasteiger partial charge in [0.2, 0.25) is 5.91 Å². The van der Waals surface area contributed by atoms with E-state index in [4.69, 9.17) is 5.11 Å². The standard InChI is InChI=1S/C4H8INO2/c1-3(7)6(5)4(2)8/h3,7H,1-2H3. The Hall–Kier alpha value is 0.160. The molecule has 4 heteroatoms. The maximum Gasteiger partial charge on any atom is 0.230 e. The Labute approximate surface area is 62.2 Å². The van der Waals surface area contributed by atoms with Crippen LogP contribution in [-0.4, -0.2) is 20.4 Å². The van der Waals surface area contributed by atoms with E-state index in [1.807, 2.05) is 0 Å². The van der Waals surface area contributed by atoms with Gasteiger partial charge in [0.05, 0.1) is 22.9 Å². The first-order chi connectivity index (χ1) is 3.55. The smallest absolute Gasteiger partial charge is 0.230 e. The van der Waals surface area contributed by atoms with Crippen LogP contribution in [0.2, 0.25) is 0 Å². The van der Waals surface area contributed by atoms with Crippen LogP contribution < -0.4 is 0 Å². The van der Waals surface area contributed by atoms with Crippen molar-refractivity contribution in [3.63, 3.8) is 0 Å². The summed E-state index contributed by atoms with van der Waals surface area (Å²) in [5.41, 5.74) is 0. The fourth-order valence-electron chi connectivity index (χ4n) is 0.263. The SMILES string of the molecule is CC(=O)N(I)C(C)O. The Morgan fingerprint density at radius 3 is 2.25 bits per heavy atom. The lowest BCUT2D eigenvalue weighted by molar-refractivity contribution is -0.127. The van der Waals surface area contributed by atoms with Gasteiger partial charge in [-0.3, -0.25) is 7.91 Å². The van der Waals surface area contributed by atoms with Crippen LogP contribution >= 0.6 is 22.9 Å². The Morgan fingerprint density at radius 1 is 1.88 bits per heavy atom. The molecule has 0 heterocycles. The lowest BCUT2D eigenvalue weighted by Gasteiger charge is -2.14. The number of nitrogens with zero attached hydrogens (tertiary/aromatic N) is 1. The number of rotatable bonds is 1. The molecule has 0 aliphatic carbocycles. The van der Waals surface area contributed by atoms with E-state index in [1.54, 1.807) is 22.9 Å². The zero-order chi connectivity index (χ0) is 6.73. The van der Waals surface area contributed by atoms with Crippen molar-refractivity contribution in [3.8, 4) is 0 Å². The van der Waals surface area contributed by atoms with E-state index >= 15 is 0 Å². The molecular weight excluding hydrogens is 221 g/mol. The third-order valence-electron chi connectivity index (χ3n) is 0.629. The number of aliphatic hydroxyl groups excluding tert-OH is 1. The van der Waals surface area contributed by atoms with Gasteiger partial charge in [-0.05, 0) is 6.92 Å². The van der Waals surface area contributed by atoms with Crippen molar-refractivity contribution in [2.75, 3.05) is 0 Å². The van der Waals surface area contributed by atoms with E-state index < -0.39 is 6.23 Å². The van der Waals surface area contributed by atoms with Crippen molar-refractivity contribution in [1.29, 1.82) is 0 Å². The van der Waals surface area contributed by atoms with Crippen molar-refractivity contribution in [2.24, 2.45) is 0 Å². The number of hydrogen-bond acceptors (Lipinski definition) is 2. The highest BCUT2D eigenvalue weighted by molar-refractivity contribution is 14.1. The molecule has 0 aromatic carbocycles. The first kappa shape index (κ1) is 8.16. The third-order valence-corrected chi connectivity index (χ3v) is 2.11. The van der Waals surface area contributed by atoms with E-state index in [9.17, 15) is 4.79 Å². The monoisotopic (exact) mass is 229 g/mol. The van der Waals surface area contributed by atoms with Crippen molar-refractivity contribution in [3.05, 3.63) is 0 Å². The molecule has 0 aromatic rings. The van der Waals surface area contributed by atoms with Crippen molar-refractivity contribution >= 4 is 28.8 Å². The number of hydrogen-bond donors (Lipinski definition) is 1. The average Bonchev–Trinajstić information content (AvgIpc) is 1.64. The molecule has 0 rings (SSSR count). The Bertz CT molecular complexity index is 94.0. The summed E-state index contributed by atoms with van der Waals surface area (Å²) in [6.45, 7) is 2.94. The number of amides is 1. The number of carbonyl (C=O) groups excluding carboxylic acids is 1. The van der Waals surface area contributed by atoms with Gasteiger partial charge < -0.3 is 5.11 Å². The van der Waals surface area contributed by atoms with Gasteiger partial charge in [0.15, 0.2) is 0 Å². The second kappa shape index (κ2) is 3.24. The van der Waals surface area contributed by atoms with Crippen molar-refractivity contribution in [1.82, 2.24) is 3.11 Å². The highest BCUT2D eigenvalue weighted by atomic mass is 127. The van der Waals surface area contributed by atoms with E-state index in [0.717, 1.165) is 0 Å². The molecule has 8 heavy (non-hydrogen) atoms. The summed E-state index contributed by atoms with van der Waals surface area (Å²) < 4.78 is 1.22. The number of aliphatic hydroxyl groups is 1. The topological polar surface area (TPSA) is 40.5 Å². The summed E-state index contributed by atoms with van der Waals surface area (Å²) in [7, 11) is 0. The summed E-state index contributed by atoms with van der Waals surface area (Å²) in [5.74, 6) is -0.138. The second-order valence-corrected chi connectivity index (χ2v) is 2.50. The normalized spacial score (nSPS) is 13.0. The van der Waals surface area contributed by atoms with Crippen LogP contribution in [0.25, 0.3) is 0 Å². The highest BCUT2D eigenvalue weighted by Crippen LogP contribution is 2.02. The van der Waals surface area contributed by atoms with Crippen LogP contribution in [0.5, 0.6) is 0 Å². The largest absolute Gasteiger partial charge is 0.373 e. The minimum Gasteiger partial charge on any atom is -0.373 e. The minimum absolute atomic E-state index is 0.138. The lowest BCUT2D eigenvalue weighted by atomic mass is 10.6. The zero-order valence-corrected chi connectivity index (χ0v) is 6.92. The van der Waals surface area contributed by atoms with E-state index in [2.05, 4.69) is 0 Å². The van der Waals surface area contributed by atoms with Crippen LogP contribution in [0.1, 0.15) is 13.8 Å². The summed E-state index contributed by atoms with van der Waals surface area (Å²) in [6.07, 6.45) is -0.687. The molecule has 3 nitrogen and oxygen atoms in total. The van der Waals surface area contributed by atoms with Crippen LogP contribution in [0, 0.1) is 0 Å². The number of halogens is 1. The van der Waals surface area contributed by atoms with E-state index in [-0.39, 0.29) is 5.91 Å². The first-order valence-electron chi connectivity index (χ1n) is 2.19. The summed E-state index contributed by atoms with van der Waals surface area (Å²) in [6, 6.07) is 0. The van der Waals surface area contributed by atoms with Crippen molar-refractivity contribution < 1.29 is 9.90 Å². The predicted molar refractivity (Wildman–Crippen MR) is 38.2 cm³/mol. The highest BCUT2D eigenvalue weighted by Gasteiger charge is 2.07. The summed E-state index contributed by atoms with van der Waals surface area (Å²) in [5, 5.41) is 8.69. The molecule has 1 unspecified atom stereocenters. The molecule has 48 valence electrons.